The summed E-state index contributed by atoms with van der Waals surface area (Å²) < 4.78 is 5.06. The van der Waals surface area contributed by atoms with Crippen molar-refractivity contribution in [2.75, 3.05) is 18.2 Å². The van der Waals surface area contributed by atoms with E-state index in [1.165, 1.54) is 30.0 Å². The van der Waals surface area contributed by atoms with Gasteiger partial charge in [0, 0.05) is 17.0 Å². The molecule has 8 heteroatoms. The Kier molecular flexibility index (Phi) is 5.84. The van der Waals surface area contributed by atoms with Crippen LogP contribution in [-0.4, -0.2) is 23.7 Å². The Morgan fingerprint density at radius 2 is 2.00 bits per heavy atom. The number of nitrogens with zero attached hydrogens (tertiary/aromatic N) is 1. The molecule has 0 aliphatic heterocycles. The molecule has 0 aliphatic rings. The maximum atomic E-state index is 12.0. The number of hydrogen-bond acceptors (Lipinski definition) is 5. The van der Waals surface area contributed by atoms with E-state index in [0.717, 1.165) is 10.6 Å². The molecule has 0 saturated heterocycles. The van der Waals surface area contributed by atoms with E-state index in [0.29, 0.717) is 0 Å². The van der Waals surface area contributed by atoms with Gasteiger partial charge < -0.3 is 10.1 Å². The van der Waals surface area contributed by atoms with Gasteiger partial charge in [-0.1, -0.05) is 11.6 Å². The summed E-state index contributed by atoms with van der Waals surface area (Å²) in [5.74, 6) is 0.598. The summed E-state index contributed by atoms with van der Waals surface area (Å²) >= 11 is 7.28. The molecule has 0 fully saturated rings. The SMILES string of the molecule is COc1ccc(SCC(=O)Nc2cc([N+](=O)[O-])ccc2Cl)cc1. The van der Waals surface area contributed by atoms with Crippen molar-refractivity contribution in [3.8, 4) is 5.75 Å². The Morgan fingerprint density at radius 1 is 1.30 bits per heavy atom. The third-order valence-corrected chi connectivity index (χ3v) is 4.21. The monoisotopic (exact) mass is 352 g/mol. The van der Waals surface area contributed by atoms with Crippen LogP contribution in [0.25, 0.3) is 0 Å². The number of hydrogen-bond donors (Lipinski definition) is 1. The highest BCUT2D eigenvalue weighted by Gasteiger charge is 2.12. The number of methoxy groups -OCH3 is 1. The molecule has 0 radical (unpaired) electrons. The van der Waals surface area contributed by atoms with E-state index in [1.54, 1.807) is 19.2 Å². The second-order valence-electron chi connectivity index (χ2n) is 4.43. The second-order valence-corrected chi connectivity index (χ2v) is 5.89. The number of non-ortho nitro benzene ring substituents is 1. The normalized spacial score (nSPS) is 10.2. The highest BCUT2D eigenvalue weighted by Crippen LogP contribution is 2.27. The lowest BCUT2D eigenvalue weighted by Crippen LogP contribution is -2.14. The first-order chi connectivity index (χ1) is 11.0. The molecule has 0 spiro atoms. The van der Waals surface area contributed by atoms with E-state index in [1.807, 2.05) is 12.1 Å². The highest BCUT2D eigenvalue weighted by atomic mass is 35.5. The predicted octanol–water partition coefficient (Wildman–Crippen LogP) is 3.99. The number of anilines is 1. The van der Waals surface area contributed by atoms with Gasteiger partial charge in [0.15, 0.2) is 0 Å². The predicted molar refractivity (Wildman–Crippen MR) is 90.5 cm³/mol. The van der Waals surface area contributed by atoms with Crippen LogP contribution in [0, 0.1) is 10.1 Å². The molecule has 0 atom stereocenters. The fourth-order valence-corrected chi connectivity index (χ4v) is 2.59. The fourth-order valence-electron chi connectivity index (χ4n) is 1.73. The number of thioether (sulfide) groups is 1. The van der Waals surface area contributed by atoms with E-state index in [-0.39, 0.29) is 28.1 Å². The van der Waals surface area contributed by atoms with Crippen LogP contribution in [-0.2, 0) is 4.79 Å². The van der Waals surface area contributed by atoms with Crippen LogP contribution in [0.4, 0.5) is 11.4 Å². The molecule has 0 heterocycles. The molecular weight excluding hydrogens is 340 g/mol. The van der Waals surface area contributed by atoms with Crippen molar-refractivity contribution in [1.29, 1.82) is 0 Å². The Hall–Kier alpha value is -2.25. The Labute approximate surface area is 141 Å². The summed E-state index contributed by atoms with van der Waals surface area (Å²) in [6.45, 7) is 0. The number of nitrogens with one attached hydrogen (secondary N) is 1. The number of rotatable bonds is 6. The minimum Gasteiger partial charge on any atom is -0.497 e. The van der Waals surface area contributed by atoms with Crippen molar-refractivity contribution in [2.45, 2.75) is 4.90 Å². The summed E-state index contributed by atoms with van der Waals surface area (Å²) in [6.07, 6.45) is 0. The Morgan fingerprint density at radius 3 is 2.61 bits per heavy atom. The molecule has 1 N–H and O–H groups in total. The molecule has 1 amide bonds. The standard InChI is InChI=1S/C15H13ClN2O4S/c1-22-11-3-5-12(6-4-11)23-9-15(19)17-14-8-10(18(20)21)2-7-13(14)16/h2-8H,9H2,1H3,(H,17,19). The zero-order chi connectivity index (χ0) is 16.8. The molecule has 2 rings (SSSR count). The maximum Gasteiger partial charge on any atom is 0.271 e. The number of halogens is 1. The first kappa shape index (κ1) is 17.1. The summed E-state index contributed by atoms with van der Waals surface area (Å²) in [4.78, 5) is 23.1. The van der Waals surface area contributed by atoms with Gasteiger partial charge in [0.25, 0.3) is 5.69 Å². The van der Waals surface area contributed by atoms with Gasteiger partial charge in [-0.2, -0.15) is 0 Å². The number of amides is 1. The Balaban J connectivity index is 1.96. The van der Waals surface area contributed by atoms with Gasteiger partial charge >= 0.3 is 0 Å². The van der Waals surface area contributed by atoms with Crippen LogP contribution in [0.5, 0.6) is 5.75 Å². The number of ether oxygens (including phenoxy) is 1. The van der Waals surface area contributed by atoms with Crippen molar-refractivity contribution in [2.24, 2.45) is 0 Å². The van der Waals surface area contributed by atoms with E-state index < -0.39 is 4.92 Å². The average molecular weight is 353 g/mol. The molecule has 2 aromatic rings. The third kappa shape index (κ3) is 4.87. The molecule has 2 aromatic carbocycles. The third-order valence-electron chi connectivity index (χ3n) is 2.86. The van der Waals surface area contributed by atoms with Gasteiger partial charge in [-0.3, -0.25) is 14.9 Å². The first-order valence-corrected chi connectivity index (χ1v) is 7.86. The summed E-state index contributed by atoms with van der Waals surface area (Å²) in [7, 11) is 1.58. The van der Waals surface area contributed by atoms with Crippen molar-refractivity contribution >= 4 is 40.6 Å². The van der Waals surface area contributed by atoms with Gasteiger partial charge in [0.05, 0.1) is 28.5 Å². The number of nitro groups is 1. The zero-order valence-corrected chi connectivity index (χ0v) is 13.7. The number of nitro benzene ring substituents is 1. The highest BCUT2D eigenvalue weighted by molar-refractivity contribution is 8.00. The number of carbonyl (C=O) groups is 1. The van der Waals surface area contributed by atoms with Gasteiger partial charge in [-0.05, 0) is 30.3 Å². The van der Waals surface area contributed by atoms with Crippen molar-refractivity contribution in [1.82, 2.24) is 0 Å². The number of benzene rings is 2. The minimum absolute atomic E-state index is 0.132. The van der Waals surface area contributed by atoms with Gasteiger partial charge in [0.2, 0.25) is 5.91 Å². The summed E-state index contributed by atoms with van der Waals surface area (Å²) in [5.41, 5.74) is 0.0914. The minimum atomic E-state index is -0.544. The van der Waals surface area contributed by atoms with Crippen LogP contribution in [0.3, 0.4) is 0 Å². The molecule has 6 nitrogen and oxygen atoms in total. The lowest BCUT2D eigenvalue weighted by molar-refractivity contribution is -0.384. The fraction of sp³-hybridized carbons (Fsp3) is 0.133. The van der Waals surface area contributed by atoms with E-state index in [2.05, 4.69) is 5.32 Å². The van der Waals surface area contributed by atoms with Crippen LogP contribution >= 0.6 is 23.4 Å². The maximum absolute atomic E-state index is 12.0. The lowest BCUT2D eigenvalue weighted by Gasteiger charge is -2.07. The topological polar surface area (TPSA) is 81.5 Å². The van der Waals surface area contributed by atoms with E-state index >= 15 is 0 Å². The smallest absolute Gasteiger partial charge is 0.271 e. The van der Waals surface area contributed by atoms with Gasteiger partial charge in [-0.25, -0.2) is 0 Å². The van der Waals surface area contributed by atoms with Crippen LogP contribution in [0.15, 0.2) is 47.4 Å². The van der Waals surface area contributed by atoms with Crippen LogP contribution in [0.2, 0.25) is 5.02 Å². The van der Waals surface area contributed by atoms with Gasteiger partial charge in [-0.15, -0.1) is 11.8 Å². The average Bonchev–Trinajstić information content (AvgIpc) is 2.55. The number of carbonyl (C=O) groups excluding carboxylic acids is 1. The largest absolute Gasteiger partial charge is 0.497 e. The molecule has 0 bridgehead atoms. The molecule has 120 valence electrons. The molecule has 0 saturated carbocycles. The van der Waals surface area contributed by atoms with Gasteiger partial charge in [0.1, 0.15) is 5.75 Å². The summed E-state index contributed by atoms with van der Waals surface area (Å²) in [6, 6.07) is 11.2. The first-order valence-electron chi connectivity index (χ1n) is 6.50. The molecule has 23 heavy (non-hydrogen) atoms. The quantitative estimate of drug-likeness (QED) is 0.483. The van der Waals surface area contributed by atoms with Crippen LogP contribution < -0.4 is 10.1 Å². The molecular formula is C15H13ClN2O4S. The Bertz CT molecular complexity index is 722. The van der Waals surface area contributed by atoms with Crippen molar-refractivity contribution in [3.63, 3.8) is 0 Å². The summed E-state index contributed by atoms with van der Waals surface area (Å²) in [5, 5.41) is 13.6. The zero-order valence-electron chi connectivity index (χ0n) is 12.1. The van der Waals surface area contributed by atoms with Crippen LogP contribution in [0.1, 0.15) is 0 Å². The van der Waals surface area contributed by atoms with Crippen molar-refractivity contribution in [3.05, 3.63) is 57.6 Å². The lowest BCUT2D eigenvalue weighted by atomic mass is 10.3. The molecule has 0 aliphatic carbocycles. The molecule has 0 unspecified atom stereocenters. The molecule has 0 aromatic heterocycles. The van der Waals surface area contributed by atoms with E-state index in [9.17, 15) is 14.9 Å². The second kappa shape index (κ2) is 7.85. The van der Waals surface area contributed by atoms with Crippen molar-refractivity contribution < 1.29 is 14.5 Å². The van der Waals surface area contributed by atoms with E-state index in [4.69, 9.17) is 16.3 Å².